The SMILES string of the molecule is COc1ccc(NC(=S)N(CCN2CCOCC2)Cc2cc3cccc(C)c3[nH]c2=O)cc1. The number of thiocarbonyl (C=S) groups is 1. The number of fused-ring (bicyclic) bond motifs is 1. The van der Waals surface area contributed by atoms with Crippen molar-refractivity contribution in [2.45, 2.75) is 13.5 Å². The van der Waals surface area contributed by atoms with Gasteiger partial charge in [-0.2, -0.15) is 0 Å². The van der Waals surface area contributed by atoms with Crippen molar-refractivity contribution in [1.82, 2.24) is 14.8 Å². The van der Waals surface area contributed by atoms with E-state index < -0.39 is 0 Å². The zero-order valence-electron chi connectivity index (χ0n) is 19.1. The monoisotopic (exact) mass is 466 g/mol. The van der Waals surface area contributed by atoms with Crippen LogP contribution in [0.25, 0.3) is 10.9 Å². The van der Waals surface area contributed by atoms with Crippen LogP contribution in [0.2, 0.25) is 0 Å². The molecule has 0 bridgehead atoms. The number of morpholine rings is 1. The largest absolute Gasteiger partial charge is 0.497 e. The second kappa shape index (κ2) is 10.8. The Morgan fingerprint density at radius 2 is 1.97 bits per heavy atom. The molecule has 1 fully saturated rings. The molecule has 2 heterocycles. The number of aryl methyl sites for hydroxylation is 1. The first-order chi connectivity index (χ1) is 16.0. The van der Waals surface area contributed by atoms with Gasteiger partial charge in [-0.25, -0.2) is 0 Å². The average Bonchev–Trinajstić information content (AvgIpc) is 2.83. The lowest BCUT2D eigenvalue weighted by molar-refractivity contribution is 0.0358. The van der Waals surface area contributed by atoms with Gasteiger partial charge in [-0.05, 0) is 60.4 Å². The molecule has 0 amide bonds. The smallest absolute Gasteiger partial charge is 0.253 e. The molecule has 3 aromatic rings. The van der Waals surface area contributed by atoms with Gasteiger partial charge < -0.3 is 24.7 Å². The quantitative estimate of drug-likeness (QED) is 0.518. The first-order valence-corrected chi connectivity index (χ1v) is 11.6. The van der Waals surface area contributed by atoms with Crippen LogP contribution >= 0.6 is 12.2 Å². The number of nitrogens with zero attached hydrogens (tertiary/aromatic N) is 2. The third kappa shape index (κ3) is 5.90. The number of aromatic amines is 1. The van der Waals surface area contributed by atoms with Crippen molar-refractivity contribution >= 4 is 33.9 Å². The fourth-order valence-electron chi connectivity index (χ4n) is 3.97. The van der Waals surface area contributed by atoms with Crippen molar-refractivity contribution in [3.05, 3.63) is 70.0 Å². The summed E-state index contributed by atoms with van der Waals surface area (Å²) in [4.78, 5) is 20.4. The van der Waals surface area contributed by atoms with E-state index in [1.54, 1.807) is 7.11 Å². The summed E-state index contributed by atoms with van der Waals surface area (Å²) in [5.74, 6) is 0.786. The molecule has 1 aliphatic heterocycles. The standard InChI is InChI=1S/C25H30N4O3S/c1-18-4-3-5-19-16-20(24(30)27-23(18)19)17-29(11-10-28-12-14-32-15-13-28)25(33)26-21-6-8-22(31-2)9-7-21/h3-9,16H,10-15,17H2,1-2H3,(H,26,33)(H,27,30). The topological polar surface area (TPSA) is 69.8 Å². The molecule has 8 heteroatoms. The van der Waals surface area contributed by atoms with Crippen molar-refractivity contribution < 1.29 is 9.47 Å². The van der Waals surface area contributed by atoms with Crippen molar-refractivity contribution in [3.8, 4) is 5.75 Å². The van der Waals surface area contributed by atoms with E-state index in [2.05, 4.69) is 20.1 Å². The molecule has 174 valence electrons. The number of anilines is 1. The third-order valence-corrected chi connectivity index (χ3v) is 6.30. The maximum absolute atomic E-state index is 12.9. The number of H-pyrrole nitrogens is 1. The highest BCUT2D eigenvalue weighted by Gasteiger charge is 2.17. The molecule has 0 spiro atoms. The van der Waals surface area contributed by atoms with Gasteiger partial charge in [-0.15, -0.1) is 0 Å². The van der Waals surface area contributed by atoms with E-state index in [0.29, 0.717) is 23.8 Å². The lowest BCUT2D eigenvalue weighted by Gasteiger charge is -2.31. The van der Waals surface area contributed by atoms with E-state index in [9.17, 15) is 4.79 Å². The van der Waals surface area contributed by atoms with Crippen LogP contribution in [0.4, 0.5) is 5.69 Å². The van der Waals surface area contributed by atoms with Gasteiger partial charge in [0.25, 0.3) is 5.56 Å². The van der Waals surface area contributed by atoms with Gasteiger partial charge in [0.1, 0.15) is 5.75 Å². The second-order valence-corrected chi connectivity index (χ2v) is 8.58. The highest BCUT2D eigenvalue weighted by Crippen LogP contribution is 2.18. The molecule has 1 aromatic heterocycles. The molecule has 1 aliphatic rings. The van der Waals surface area contributed by atoms with E-state index in [1.807, 2.05) is 55.5 Å². The molecule has 33 heavy (non-hydrogen) atoms. The highest BCUT2D eigenvalue weighted by atomic mass is 32.1. The molecule has 0 aliphatic carbocycles. The van der Waals surface area contributed by atoms with Gasteiger partial charge in [0.15, 0.2) is 5.11 Å². The number of hydrogen-bond acceptors (Lipinski definition) is 5. The summed E-state index contributed by atoms with van der Waals surface area (Å²) in [5, 5.41) is 4.91. The predicted octanol–water partition coefficient (Wildman–Crippen LogP) is 3.38. The second-order valence-electron chi connectivity index (χ2n) is 8.20. The summed E-state index contributed by atoms with van der Waals surface area (Å²) in [6, 6.07) is 15.6. The number of hydrogen-bond donors (Lipinski definition) is 2. The molecule has 0 atom stereocenters. The lowest BCUT2D eigenvalue weighted by Crippen LogP contribution is -2.44. The van der Waals surface area contributed by atoms with Crippen LogP contribution < -0.4 is 15.6 Å². The summed E-state index contributed by atoms with van der Waals surface area (Å²) in [6.07, 6.45) is 0. The van der Waals surface area contributed by atoms with Crippen LogP contribution in [0.15, 0.2) is 53.3 Å². The van der Waals surface area contributed by atoms with Crippen molar-refractivity contribution in [2.24, 2.45) is 0 Å². The van der Waals surface area contributed by atoms with Crippen LogP contribution in [0.1, 0.15) is 11.1 Å². The molecular formula is C25H30N4O3S. The molecule has 0 saturated carbocycles. The number of aromatic nitrogens is 1. The van der Waals surface area contributed by atoms with E-state index >= 15 is 0 Å². The Hall–Kier alpha value is -2.94. The fraction of sp³-hybridized carbons (Fsp3) is 0.360. The molecule has 7 nitrogen and oxygen atoms in total. The number of para-hydroxylation sites is 1. The minimum absolute atomic E-state index is 0.0829. The van der Waals surface area contributed by atoms with Crippen LogP contribution in [0.5, 0.6) is 5.75 Å². The Morgan fingerprint density at radius 1 is 1.21 bits per heavy atom. The summed E-state index contributed by atoms with van der Waals surface area (Å²) < 4.78 is 10.7. The van der Waals surface area contributed by atoms with Crippen LogP contribution in [-0.4, -0.2) is 66.4 Å². The molecule has 4 rings (SSSR count). The molecule has 1 saturated heterocycles. The first kappa shape index (κ1) is 23.2. The molecule has 2 aromatic carbocycles. The summed E-state index contributed by atoms with van der Waals surface area (Å²) in [6.45, 7) is 7.28. The van der Waals surface area contributed by atoms with Gasteiger partial charge in [0.05, 0.1) is 32.4 Å². The molecule has 2 N–H and O–H groups in total. The predicted molar refractivity (Wildman–Crippen MR) is 136 cm³/mol. The number of pyridine rings is 1. The molecule has 0 unspecified atom stereocenters. The van der Waals surface area contributed by atoms with Crippen LogP contribution in [0.3, 0.4) is 0 Å². The maximum atomic E-state index is 12.9. The minimum Gasteiger partial charge on any atom is -0.497 e. The van der Waals surface area contributed by atoms with Gasteiger partial charge in [-0.1, -0.05) is 18.2 Å². The number of benzene rings is 2. The van der Waals surface area contributed by atoms with Gasteiger partial charge in [0, 0.05) is 37.4 Å². The Morgan fingerprint density at radius 3 is 2.70 bits per heavy atom. The highest BCUT2D eigenvalue weighted by molar-refractivity contribution is 7.80. The van der Waals surface area contributed by atoms with Crippen molar-refractivity contribution in [2.75, 3.05) is 51.8 Å². The minimum atomic E-state index is -0.0829. The average molecular weight is 467 g/mol. The Balaban J connectivity index is 1.54. The van der Waals surface area contributed by atoms with E-state index in [4.69, 9.17) is 21.7 Å². The van der Waals surface area contributed by atoms with Crippen molar-refractivity contribution in [3.63, 3.8) is 0 Å². The number of ether oxygens (including phenoxy) is 2. The van der Waals surface area contributed by atoms with E-state index in [0.717, 1.165) is 60.8 Å². The normalized spacial score (nSPS) is 14.2. The number of nitrogens with one attached hydrogen (secondary N) is 2. The van der Waals surface area contributed by atoms with Crippen LogP contribution in [-0.2, 0) is 11.3 Å². The summed E-state index contributed by atoms with van der Waals surface area (Å²) in [5.41, 5.74) is 3.41. The molecular weight excluding hydrogens is 436 g/mol. The van der Waals surface area contributed by atoms with E-state index in [1.165, 1.54) is 0 Å². The van der Waals surface area contributed by atoms with Gasteiger partial charge in [0.2, 0.25) is 0 Å². The first-order valence-electron chi connectivity index (χ1n) is 11.1. The van der Waals surface area contributed by atoms with Crippen molar-refractivity contribution in [1.29, 1.82) is 0 Å². The third-order valence-electron chi connectivity index (χ3n) is 5.94. The summed E-state index contributed by atoms with van der Waals surface area (Å²) >= 11 is 5.77. The van der Waals surface area contributed by atoms with Gasteiger partial charge in [-0.3, -0.25) is 9.69 Å². The Labute approximate surface area is 199 Å². The fourth-order valence-corrected chi connectivity index (χ4v) is 4.24. The lowest BCUT2D eigenvalue weighted by atomic mass is 10.1. The number of rotatable bonds is 7. The van der Waals surface area contributed by atoms with E-state index in [-0.39, 0.29) is 5.56 Å². The summed E-state index contributed by atoms with van der Waals surface area (Å²) in [7, 11) is 1.64. The number of methoxy groups -OCH3 is 1. The maximum Gasteiger partial charge on any atom is 0.253 e. The zero-order valence-corrected chi connectivity index (χ0v) is 19.9. The van der Waals surface area contributed by atoms with Gasteiger partial charge >= 0.3 is 0 Å². The zero-order chi connectivity index (χ0) is 23.2. The molecule has 0 radical (unpaired) electrons. The van der Waals surface area contributed by atoms with Crippen LogP contribution in [0, 0.1) is 6.92 Å². The Bertz CT molecular complexity index is 1160. The Kier molecular flexibility index (Phi) is 7.59.